The molecular weight excluding hydrogens is 200 g/mol. The molecule has 0 heterocycles. The number of aliphatic hydroxyl groups excluding tert-OH is 2. The summed E-state index contributed by atoms with van der Waals surface area (Å²) in [4.78, 5) is 0. The van der Waals surface area contributed by atoms with Gasteiger partial charge in [-0.2, -0.15) is 0 Å². The van der Waals surface area contributed by atoms with Crippen molar-refractivity contribution in [2.24, 2.45) is 0 Å². The molecule has 2 aromatic carbocycles. The quantitative estimate of drug-likeness (QED) is 0.772. The Kier molecular flexibility index (Phi) is 8.88. The molecule has 0 saturated carbocycles. The van der Waals surface area contributed by atoms with Crippen molar-refractivity contribution in [3.8, 4) is 11.1 Å². The number of rotatable bonds is 1. The third kappa shape index (κ3) is 4.73. The van der Waals surface area contributed by atoms with E-state index in [4.69, 9.17) is 10.2 Å². The predicted octanol–water partition coefficient (Wildman–Crippen LogP) is 2.57. The molecule has 0 aliphatic carbocycles. The number of aliphatic hydroxyl groups is 2. The molecule has 16 heavy (non-hydrogen) atoms. The standard InChI is InChI=1S/C12H10.2CH4O/c1-3-7-11(8-4-1)12-9-5-2-6-10-12;2*1-2/h1-10H;2*2H,1H3. The first-order valence-corrected chi connectivity index (χ1v) is 4.97. The molecule has 0 aliphatic heterocycles. The second-order valence-corrected chi connectivity index (χ2v) is 2.73. The van der Waals surface area contributed by atoms with Gasteiger partial charge in [0.25, 0.3) is 0 Å². The van der Waals surface area contributed by atoms with Crippen molar-refractivity contribution < 1.29 is 10.2 Å². The highest BCUT2D eigenvalue weighted by molar-refractivity contribution is 5.62. The Balaban J connectivity index is 0.000000509. The van der Waals surface area contributed by atoms with Gasteiger partial charge in [0.2, 0.25) is 0 Å². The molecule has 2 heteroatoms. The van der Waals surface area contributed by atoms with Crippen LogP contribution in [-0.2, 0) is 0 Å². The molecule has 0 atom stereocenters. The fourth-order valence-electron chi connectivity index (χ4n) is 1.26. The molecule has 2 nitrogen and oxygen atoms in total. The predicted molar refractivity (Wildman–Crippen MR) is 68.2 cm³/mol. The van der Waals surface area contributed by atoms with E-state index in [1.165, 1.54) is 11.1 Å². The molecule has 0 amide bonds. The van der Waals surface area contributed by atoms with E-state index in [1.807, 2.05) is 12.1 Å². The van der Waals surface area contributed by atoms with Gasteiger partial charge in [0.1, 0.15) is 0 Å². The van der Waals surface area contributed by atoms with Gasteiger partial charge >= 0.3 is 0 Å². The van der Waals surface area contributed by atoms with Crippen molar-refractivity contribution in [1.29, 1.82) is 0 Å². The zero-order chi connectivity index (χ0) is 12.2. The van der Waals surface area contributed by atoms with E-state index < -0.39 is 0 Å². The van der Waals surface area contributed by atoms with Crippen LogP contribution < -0.4 is 0 Å². The molecule has 0 radical (unpaired) electrons. The summed E-state index contributed by atoms with van der Waals surface area (Å²) in [5.41, 5.74) is 2.55. The molecule has 0 aliphatic rings. The van der Waals surface area contributed by atoms with Crippen LogP contribution in [0.15, 0.2) is 60.7 Å². The lowest BCUT2D eigenvalue weighted by Crippen LogP contribution is -1.73. The maximum absolute atomic E-state index is 7.00. The number of hydrogen-bond donors (Lipinski definition) is 2. The van der Waals surface area contributed by atoms with Gasteiger partial charge < -0.3 is 10.2 Å². The summed E-state index contributed by atoms with van der Waals surface area (Å²) in [6, 6.07) is 20.8. The largest absolute Gasteiger partial charge is 0.400 e. The van der Waals surface area contributed by atoms with Crippen molar-refractivity contribution in [2.45, 2.75) is 0 Å². The Bertz CT molecular complexity index is 306. The molecule has 0 spiro atoms. The highest BCUT2D eigenvalue weighted by Gasteiger charge is 1.91. The summed E-state index contributed by atoms with van der Waals surface area (Å²) < 4.78 is 0. The smallest absolute Gasteiger partial charge is 0.0319 e. The fourth-order valence-corrected chi connectivity index (χ4v) is 1.26. The maximum atomic E-state index is 7.00. The molecule has 2 N–H and O–H groups in total. The Labute approximate surface area is 96.8 Å². The van der Waals surface area contributed by atoms with Gasteiger partial charge in [0, 0.05) is 14.2 Å². The van der Waals surface area contributed by atoms with Crippen LogP contribution in [0.1, 0.15) is 0 Å². The molecule has 0 aromatic heterocycles. The summed E-state index contributed by atoms with van der Waals surface area (Å²) in [5.74, 6) is 0. The van der Waals surface area contributed by atoms with Crippen molar-refractivity contribution >= 4 is 0 Å². The summed E-state index contributed by atoms with van der Waals surface area (Å²) in [5, 5.41) is 14.0. The third-order valence-corrected chi connectivity index (χ3v) is 1.88. The van der Waals surface area contributed by atoms with Crippen molar-refractivity contribution in [2.75, 3.05) is 14.2 Å². The summed E-state index contributed by atoms with van der Waals surface area (Å²) in [6.07, 6.45) is 0. The van der Waals surface area contributed by atoms with E-state index >= 15 is 0 Å². The second kappa shape index (κ2) is 9.90. The Morgan fingerprint density at radius 2 is 0.750 bits per heavy atom. The zero-order valence-electron chi connectivity index (χ0n) is 9.67. The SMILES string of the molecule is CO.CO.c1ccc(-c2ccccc2)cc1. The van der Waals surface area contributed by atoms with Crippen LogP contribution in [0.3, 0.4) is 0 Å². The minimum absolute atomic E-state index is 1.00. The third-order valence-electron chi connectivity index (χ3n) is 1.88. The average molecular weight is 218 g/mol. The van der Waals surface area contributed by atoms with Crippen LogP contribution >= 0.6 is 0 Å². The second-order valence-electron chi connectivity index (χ2n) is 2.73. The van der Waals surface area contributed by atoms with E-state index in [-0.39, 0.29) is 0 Å². The van der Waals surface area contributed by atoms with Crippen LogP contribution in [0.4, 0.5) is 0 Å². The lowest BCUT2D eigenvalue weighted by molar-refractivity contribution is 0.399. The summed E-state index contributed by atoms with van der Waals surface area (Å²) in [6.45, 7) is 0. The molecule has 0 unspecified atom stereocenters. The van der Waals surface area contributed by atoms with Gasteiger partial charge in [0.15, 0.2) is 0 Å². The summed E-state index contributed by atoms with van der Waals surface area (Å²) >= 11 is 0. The molecule has 0 fully saturated rings. The van der Waals surface area contributed by atoms with Gasteiger partial charge in [-0.05, 0) is 11.1 Å². The van der Waals surface area contributed by atoms with Crippen LogP contribution in [0.2, 0.25) is 0 Å². The molecule has 2 aromatic rings. The summed E-state index contributed by atoms with van der Waals surface area (Å²) in [7, 11) is 2.00. The lowest BCUT2D eigenvalue weighted by atomic mass is 10.1. The highest BCUT2D eigenvalue weighted by Crippen LogP contribution is 2.17. The normalized spacial score (nSPS) is 8.00. The topological polar surface area (TPSA) is 40.5 Å². The Morgan fingerprint density at radius 3 is 1.00 bits per heavy atom. The van der Waals surface area contributed by atoms with E-state index in [0.29, 0.717) is 0 Å². The minimum Gasteiger partial charge on any atom is -0.400 e. The first kappa shape index (κ1) is 14.4. The van der Waals surface area contributed by atoms with Gasteiger partial charge in [-0.15, -0.1) is 0 Å². The number of benzene rings is 2. The van der Waals surface area contributed by atoms with E-state index in [1.54, 1.807) is 0 Å². The first-order chi connectivity index (χ1) is 7.97. The lowest BCUT2D eigenvalue weighted by Gasteiger charge is -1.98. The van der Waals surface area contributed by atoms with Gasteiger partial charge in [0.05, 0.1) is 0 Å². The highest BCUT2D eigenvalue weighted by atomic mass is 16.2. The first-order valence-electron chi connectivity index (χ1n) is 4.97. The van der Waals surface area contributed by atoms with Crippen molar-refractivity contribution in [1.82, 2.24) is 0 Å². The van der Waals surface area contributed by atoms with E-state index in [0.717, 1.165) is 14.2 Å². The Morgan fingerprint density at radius 1 is 0.500 bits per heavy atom. The monoisotopic (exact) mass is 218 g/mol. The minimum atomic E-state index is 1.00. The van der Waals surface area contributed by atoms with E-state index in [9.17, 15) is 0 Å². The average Bonchev–Trinajstić information content (AvgIpc) is 2.45. The maximum Gasteiger partial charge on any atom is 0.0319 e. The van der Waals surface area contributed by atoms with Crippen LogP contribution in [0.5, 0.6) is 0 Å². The molecular formula is C14H18O2. The molecule has 2 rings (SSSR count). The van der Waals surface area contributed by atoms with Crippen LogP contribution in [0.25, 0.3) is 11.1 Å². The van der Waals surface area contributed by atoms with Crippen molar-refractivity contribution in [3.05, 3.63) is 60.7 Å². The van der Waals surface area contributed by atoms with E-state index in [2.05, 4.69) is 48.5 Å². The van der Waals surface area contributed by atoms with Gasteiger partial charge in [-0.3, -0.25) is 0 Å². The molecule has 0 saturated heterocycles. The van der Waals surface area contributed by atoms with Crippen LogP contribution in [0, 0.1) is 0 Å². The van der Waals surface area contributed by atoms with Gasteiger partial charge in [-0.1, -0.05) is 60.7 Å². The fraction of sp³-hybridized carbons (Fsp3) is 0.143. The molecule has 86 valence electrons. The van der Waals surface area contributed by atoms with Crippen molar-refractivity contribution in [3.63, 3.8) is 0 Å². The van der Waals surface area contributed by atoms with Crippen LogP contribution in [-0.4, -0.2) is 24.4 Å². The van der Waals surface area contributed by atoms with Gasteiger partial charge in [-0.25, -0.2) is 0 Å². The number of hydrogen-bond acceptors (Lipinski definition) is 2. The zero-order valence-corrected chi connectivity index (χ0v) is 9.67. The molecule has 0 bridgehead atoms. The Hall–Kier alpha value is -1.64.